The summed E-state index contributed by atoms with van der Waals surface area (Å²) in [5.74, 6) is 0.845. The number of rotatable bonds is 5. The van der Waals surface area contributed by atoms with Crippen molar-refractivity contribution in [2.45, 2.75) is 50.5 Å². The van der Waals surface area contributed by atoms with Gasteiger partial charge >= 0.3 is 0 Å². The van der Waals surface area contributed by atoms with Gasteiger partial charge in [-0.25, -0.2) is 0 Å². The highest BCUT2D eigenvalue weighted by molar-refractivity contribution is 5.96. The molecule has 4 heterocycles. The summed E-state index contributed by atoms with van der Waals surface area (Å²) in [5, 5.41) is 23.6. The Bertz CT molecular complexity index is 980. The second-order valence-electron chi connectivity index (χ2n) is 9.55. The van der Waals surface area contributed by atoms with Gasteiger partial charge in [0.15, 0.2) is 11.5 Å². The highest BCUT2D eigenvalue weighted by Gasteiger charge is 2.70. The van der Waals surface area contributed by atoms with Crippen LogP contribution in [0.15, 0.2) is 23.8 Å². The highest BCUT2D eigenvalue weighted by Crippen LogP contribution is 2.62. The van der Waals surface area contributed by atoms with Gasteiger partial charge in [0.2, 0.25) is 0 Å². The number of allylic oxidation sites excluding steroid dienone is 1. The van der Waals surface area contributed by atoms with Crippen molar-refractivity contribution in [2.75, 3.05) is 45.3 Å². The van der Waals surface area contributed by atoms with E-state index in [1.807, 2.05) is 13.0 Å². The number of piperidine rings is 2. The Balaban J connectivity index is 1.61. The number of hydrogen-bond donors (Lipinski definition) is 3. The van der Waals surface area contributed by atoms with Gasteiger partial charge in [-0.2, -0.15) is 0 Å². The number of ketones is 1. The van der Waals surface area contributed by atoms with Gasteiger partial charge in [0.05, 0.1) is 37.6 Å². The van der Waals surface area contributed by atoms with E-state index in [2.05, 4.69) is 17.1 Å². The Morgan fingerprint density at radius 2 is 2.15 bits per heavy atom. The van der Waals surface area contributed by atoms with Crippen molar-refractivity contribution in [3.05, 3.63) is 29.3 Å². The maximum Gasteiger partial charge on any atom is 0.188 e. The maximum atomic E-state index is 12.6. The quantitative estimate of drug-likeness (QED) is 0.579. The molecule has 4 aliphatic heterocycles. The van der Waals surface area contributed by atoms with Crippen molar-refractivity contribution < 1.29 is 29.2 Å². The minimum absolute atomic E-state index is 0.0254. The summed E-state index contributed by atoms with van der Waals surface area (Å²) in [5.41, 5.74) is 0.766. The fraction of sp³-hybridized carbons (Fsp3) is 0.640. The van der Waals surface area contributed by atoms with Crippen molar-refractivity contribution in [3.63, 3.8) is 0 Å². The van der Waals surface area contributed by atoms with E-state index in [4.69, 9.17) is 14.2 Å². The summed E-state index contributed by atoms with van der Waals surface area (Å²) < 4.78 is 18.9. The molecule has 180 valence electrons. The molecule has 3 N–H and O–H groups in total. The van der Waals surface area contributed by atoms with Gasteiger partial charge in [-0.05, 0) is 37.2 Å². The van der Waals surface area contributed by atoms with Gasteiger partial charge in [0.25, 0.3) is 0 Å². The first-order valence-corrected chi connectivity index (χ1v) is 12.0. The fourth-order valence-corrected chi connectivity index (χ4v) is 6.92. The minimum atomic E-state index is -0.856. The van der Waals surface area contributed by atoms with E-state index >= 15 is 0 Å². The molecule has 8 nitrogen and oxygen atoms in total. The summed E-state index contributed by atoms with van der Waals surface area (Å²) in [6, 6.07) is 3.29. The molecule has 8 heteroatoms. The first-order chi connectivity index (χ1) is 15.9. The van der Waals surface area contributed by atoms with Gasteiger partial charge in [0.1, 0.15) is 23.7 Å². The lowest BCUT2D eigenvalue weighted by Gasteiger charge is -2.61. The number of phenols is 1. The normalized spacial score (nSPS) is 35.6. The van der Waals surface area contributed by atoms with E-state index in [0.717, 1.165) is 37.2 Å². The third-order valence-electron chi connectivity index (χ3n) is 8.27. The summed E-state index contributed by atoms with van der Waals surface area (Å²) in [6.45, 7) is 6.18. The summed E-state index contributed by atoms with van der Waals surface area (Å²) in [4.78, 5) is 15.1. The van der Waals surface area contributed by atoms with Gasteiger partial charge in [-0.1, -0.05) is 19.4 Å². The number of nitrogens with one attached hydrogen (secondary N) is 1. The number of aliphatic hydroxyl groups is 1. The number of ether oxygens (including phenoxy) is 3. The van der Waals surface area contributed by atoms with E-state index in [9.17, 15) is 15.0 Å². The monoisotopic (exact) mass is 458 g/mol. The molecule has 0 radical (unpaired) electrons. The number of benzene rings is 1. The predicted molar refractivity (Wildman–Crippen MR) is 122 cm³/mol. The number of carbonyl (C=O) groups is 1. The van der Waals surface area contributed by atoms with Crippen LogP contribution in [0.1, 0.15) is 38.7 Å². The number of hydrogen-bond acceptors (Lipinski definition) is 8. The van der Waals surface area contributed by atoms with Crippen LogP contribution in [0.4, 0.5) is 5.69 Å². The van der Waals surface area contributed by atoms with Gasteiger partial charge in [-0.15, -0.1) is 0 Å². The fourth-order valence-electron chi connectivity index (χ4n) is 6.92. The zero-order valence-corrected chi connectivity index (χ0v) is 19.6. The molecule has 5 rings (SSSR count). The standard InChI is InChI=1S/C25H34N2O6/c1-4-15-13-27-7-6-24-23-19(10-16(29)11-21(23)31-3)26-25(24,33-9-8-32-24)22(27)12-18(15)17(5-2)20(30)14-28/h5,10-11,15,18,22,26,28-29H,4,6-9,12-14H2,1-3H3/b17-5+/t15-,18+,22+,24+,25+/m1/s1. The van der Waals surface area contributed by atoms with Crippen LogP contribution < -0.4 is 10.1 Å². The SMILES string of the molecule is C/C=C(/C(=O)CO)[C@H]1C[C@@H]2N(CC[C@@]34OCCO[C@@]23Nc2cc(O)cc(OC)c24)C[C@H]1CC. The van der Waals surface area contributed by atoms with E-state index in [0.29, 0.717) is 36.9 Å². The molecule has 3 fully saturated rings. The number of aromatic hydroxyl groups is 1. The molecule has 1 aromatic rings. The average Bonchev–Trinajstić information content (AvgIpc) is 3.14. The van der Waals surface area contributed by atoms with Crippen LogP contribution in [-0.2, 0) is 19.9 Å². The number of Topliss-reactive ketones (excluding diaryl/α,β-unsaturated/α-hetero) is 1. The molecule has 5 atom stereocenters. The number of methoxy groups -OCH3 is 1. The Labute approximate surface area is 194 Å². The highest BCUT2D eigenvalue weighted by atomic mass is 16.6. The first-order valence-electron chi connectivity index (χ1n) is 12.0. The van der Waals surface area contributed by atoms with Crippen molar-refractivity contribution in [1.29, 1.82) is 0 Å². The van der Waals surface area contributed by atoms with E-state index < -0.39 is 17.9 Å². The Kier molecular flexibility index (Phi) is 5.68. The molecule has 0 aliphatic carbocycles. The molecule has 0 aromatic heterocycles. The third kappa shape index (κ3) is 3.07. The van der Waals surface area contributed by atoms with Gasteiger partial charge in [0, 0.05) is 25.2 Å². The van der Waals surface area contributed by atoms with Crippen LogP contribution in [0.2, 0.25) is 0 Å². The number of carbonyl (C=O) groups excluding carboxylic acids is 1. The van der Waals surface area contributed by atoms with Crippen LogP contribution in [0, 0.1) is 11.8 Å². The van der Waals surface area contributed by atoms with Crippen LogP contribution in [0.5, 0.6) is 11.5 Å². The van der Waals surface area contributed by atoms with Crippen LogP contribution in [0.25, 0.3) is 0 Å². The zero-order chi connectivity index (χ0) is 23.4. The largest absolute Gasteiger partial charge is 0.508 e. The molecule has 4 aliphatic rings. The van der Waals surface area contributed by atoms with E-state index in [1.54, 1.807) is 19.2 Å². The smallest absolute Gasteiger partial charge is 0.188 e. The van der Waals surface area contributed by atoms with Gasteiger partial charge in [-0.3, -0.25) is 9.69 Å². The van der Waals surface area contributed by atoms with Crippen molar-refractivity contribution >= 4 is 11.5 Å². The zero-order valence-electron chi connectivity index (χ0n) is 19.6. The number of fused-ring (bicyclic) bond motifs is 2. The molecule has 0 amide bonds. The van der Waals surface area contributed by atoms with E-state index in [-0.39, 0.29) is 23.5 Å². The maximum absolute atomic E-state index is 12.6. The lowest BCUT2D eigenvalue weighted by atomic mass is 9.66. The van der Waals surface area contributed by atoms with Gasteiger partial charge < -0.3 is 29.7 Å². The molecule has 0 saturated carbocycles. The Morgan fingerprint density at radius 3 is 2.85 bits per heavy atom. The van der Waals surface area contributed by atoms with Crippen LogP contribution in [-0.4, -0.2) is 72.7 Å². The summed E-state index contributed by atoms with van der Waals surface area (Å²) in [6.07, 6.45) is 4.27. The third-order valence-corrected chi connectivity index (χ3v) is 8.27. The number of anilines is 1. The lowest BCUT2D eigenvalue weighted by molar-refractivity contribution is -0.297. The molecular formula is C25H34N2O6. The average molecular weight is 459 g/mol. The minimum Gasteiger partial charge on any atom is -0.508 e. The molecule has 0 bridgehead atoms. The Morgan fingerprint density at radius 1 is 1.36 bits per heavy atom. The molecule has 0 spiro atoms. The Hall–Kier alpha value is -2.13. The van der Waals surface area contributed by atoms with Crippen LogP contribution >= 0.6 is 0 Å². The summed E-state index contributed by atoms with van der Waals surface area (Å²) >= 11 is 0. The summed E-state index contributed by atoms with van der Waals surface area (Å²) in [7, 11) is 1.60. The first kappa shape index (κ1) is 22.7. The van der Waals surface area contributed by atoms with Crippen molar-refractivity contribution in [2.24, 2.45) is 11.8 Å². The molecule has 3 saturated heterocycles. The van der Waals surface area contributed by atoms with Crippen molar-refractivity contribution in [3.8, 4) is 11.5 Å². The predicted octanol–water partition coefficient (Wildman–Crippen LogP) is 2.39. The number of aliphatic hydroxyl groups excluding tert-OH is 1. The number of phenolic OH excluding ortho intramolecular Hbond substituents is 1. The second-order valence-corrected chi connectivity index (χ2v) is 9.55. The molecule has 33 heavy (non-hydrogen) atoms. The second kappa shape index (κ2) is 8.27. The van der Waals surface area contributed by atoms with Crippen LogP contribution in [0.3, 0.4) is 0 Å². The van der Waals surface area contributed by atoms with E-state index in [1.165, 1.54) is 0 Å². The molecule has 0 unspecified atom stereocenters. The van der Waals surface area contributed by atoms with Crippen molar-refractivity contribution in [1.82, 2.24) is 4.90 Å². The topological polar surface area (TPSA) is 100 Å². The molecular weight excluding hydrogens is 424 g/mol. The number of nitrogens with zero attached hydrogens (tertiary/aromatic N) is 1. The lowest BCUT2D eigenvalue weighted by Crippen LogP contribution is -2.75. The molecule has 1 aromatic carbocycles.